The van der Waals surface area contributed by atoms with Crippen LogP contribution in [-0.4, -0.2) is 27.6 Å². The molecule has 1 heterocycles. The normalized spacial score (nSPS) is 15.4. The van der Waals surface area contributed by atoms with Gasteiger partial charge in [0.1, 0.15) is 0 Å². The number of halogens is 3. The molecule has 144 valence electrons. The van der Waals surface area contributed by atoms with Gasteiger partial charge in [-0.05, 0) is 43.4 Å². The number of alkyl halides is 3. The number of aromatic nitrogens is 1. The van der Waals surface area contributed by atoms with Crippen LogP contribution in [-0.2, 0) is 17.5 Å². The quantitative estimate of drug-likeness (QED) is 0.618. The van der Waals surface area contributed by atoms with Gasteiger partial charge in [0.25, 0.3) is 0 Å². The Labute approximate surface area is 161 Å². The molecule has 7 heteroatoms. The van der Waals surface area contributed by atoms with Gasteiger partial charge in [0.2, 0.25) is 5.91 Å². The summed E-state index contributed by atoms with van der Waals surface area (Å²) in [6, 6.07) is 12.3. The van der Waals surface area contributed by atoms with Crippen molar-refractivity contribution in [3.63, 3.8) is 0 Å². The van der Waals surface area contributed by atoms with E-state index in [2.05, 4.69) is 11.9 Å². The summed E-state index contributed by atoms with van der Waals surface area (Å²) in [6.45, 7) is 2.61. The Hall–Kier alpha value is -2.02. The first-order chi connectivity index (χ1) is 12.8. The highest BCUT2D eigenvalue weighted by Gasteiger charge is 2.34. The van der Waals surface area contributed by atoms with Crippen LogP contribution in [0.25, 0.3) is 0 Å². The van der Waals surface area contributed by atoms with Crippen molar-refractivity contribution in [3.8, 4) is 0 Å². The van der Waals surface area contributed by atoms with Gasteiger partial charge in [0.15, 0.2) is 0 Å². The topological polar surface area (TPSA) is 33.2 Å². The molecule has 0 bridgehead atoms. The Morgan fingerprint density at radius 1 is 1.22 bits per heavy atom. The van der Waals surface area contributed by atoms with Gasteiger partial charge in [-0.3, -0.25) is 4.79 Å². The maximum Gasteiger partial charge on any atom is 0.417 e. The summed E-state index contributed by atoms with van der Waals surface area (Å²) in [4.78, 5) is 18.5. The molecule has 1 atom stereocenters. The molecule has 0 saturated heterocycles. The Morgan fingerprint density at radius 3 is 2.48 bits per heavy atom. The number of nitrogens with zero attached hydrogens (tertiary/aromatic N) is 2. The van der Waals surface area contributed by atoms with E-state index in [1.165, 1.54) is 17.8 Å². The third-order valence-electron chi connectivity index (χ3n) is 4.72. The van der Waals surface area contributed by atoms with Gasteiger partial charge < -0.3 is 4.90 Å². The van der Waals surface area contributed by atoms with Crippen molar-refractivity contribution < 1.29 is 18.0 Å². The molecule has 1 aromatic heterocycles. The van der Waals surface area contributed by atoms with Crippen LogP contribution in [0.2, 0.25) is 0 Å². The summed E-state index contributed by atoms with van der Waals surface area (Å²) in [5.74, 6) is 0.666. The molecule has 0 radical (unpaired) electrons. The van der Waals surface area contributed by atoms with Gasteiger partial charge in [-0.2, -0.15) is 13.2 Å². The molecule has 0 aliphatic heterocycles. The smallest absolute Gasteiger partial charge is 0.335 e. The molecule has 0 N–H and O–H groups in total. The highest BCUT2D eigenvalue weighted by atomic mass is 32.2. The molecular weight excluding hydrogens is 373 g/mol. The maximum atomic E-state index is 12.8. The van der Waals surface area contributed by atoms with Crippen molar-refractivity contribution in [2.75, 3.05) is 5.75 Å². The molecule has 1 amide bonds. The lowest BCUT2D eigenvalue weighted by Gasteiger charge is -2.29. The van der Waals surface area contributed by atoms with Gasteiger partial charge in [0.05, 0.1) is 16.3 Å². The van der Waals surface area contributed by atoms with E-state index in [0.717, 1.165) is 30.7 Å². The lowest BCUT2D eigenvalue weighted by Crippen LogP contribution is -2.40. The minimum absolute atomic E-state index is 0.0232. The first kappa shape index (κ1) is 19.7. The Bertz CT molecular complexity index is 761. The minimum atomic E-state index is -4.40. The number of benzene rings is 1. The Morgan fingerprint density at radius 2 is 1.93 bits per heavy atom. The molecule has 1 fully saturated rings. The summed E-state index contributed by atoms with van der Waals surface area (Å²) >= 11 is 1.17. The van der Waals surface area contributed by atoms with E-state index in [4.69, 9.17) is 0 Å². The summed E-state index contributed by atoms with van der Waals surface area (Å²) < 4.78 is 37.8. The molecule has 1 aromatic carbocycles. The van der Waals surface area contributed by atoms with Crippen molar-refractivity contribution in [1.29, 1.82) is 0 Å². The second kappa shape index (κ2) is 8.33. The molecule has 1 unspecified atom stereocenters. The fraction of sp³-hybridized carbons (Fsp3) is 0.400. The molecule has 27 heavy (non-hydrogen) atoms. The van der Waals surface area contributed by atoms with E-state index in [-0.39, 0.29) is 17.7 Å². The summed E-state index contributed by atoms with van der Waals surface area (Å²) in [7, 11) is 0. The number of hydrogen-bond donors (Lipinski definition) is 0. The zero-order valence-electron chi connectivity index (χ0n) is 14.9. The minimum Gasteiger partial charge on any atom is -0.335 e. The average molecular weight is 394 g/mol. The summed E-state index contributed by atoms with van der Waals surface area (Å²) in [5.41, 5.74) is 0.280. The number of carbonyl (C=O) groups is 1. The average Bonchev–Trinajstić information content (AvgIpc) is 3.49. The number of pyridine rings is 1. The van der Waals surface area contributed by atoms with Crippen LogP contribution in [0.1, 0.15) is 30.9 Å². The summed E-state index contributed by atoms with van der Waals surface area (Å²) in [6.07, 6.45) is -1.33. The number of rotatable bonds is 7. The van der Waals surface area contributed by atoms with Gasteiger partial charge >= 0.3 is 6.18 Å². The summed E-state index contributed by atoms with van der Waals surface area (Å²) in [5, 5.41) is 0.412. The lowest BCUT2D eigenvalue weighted by atomic mass is 10.1. The van der Waals surface area contributed by atoms with E-state index in [9.17, 15) is 18.0 Å². The zero-order chi connectivity index (χ0) is 19.4. The third kappa shape index (κ3) is 5.48. The van der Waals surface area contributed by atoms with E-state index in [1.807, 2.05) is 35.2 Å². The lowest BCUT2D eigenvalue weighted by molar-refractivity contribution is -0.138. The first-order valence-corrected chi connectivity index (χ1v) is 9.82. The van der Waals surface area contributed by atoms with E-state index < -0.39 is 11.7 Å². The molecule has 1 aliphatic rings. The third-order valence-corrected chi connectivity index (χ3v) is 5.65. The maximum absolute atomic E-state index is 12.8. The van der Waals surface area contributed by atoms with Crippen LogP contribution in [0, 0.1) is 5.92 Å². The highest BCUT2D eigenvalue weighted by Crippen LogP contribution is 2.36. The Balaban J connectivity index is 1.63. The van der Waals surface area contributed by atoms with Crippen molar-refractivity contribution in [3.05, 3.63) is 59.8 Å². The largest absolute Gasteiger partial charge is 0.417 e. The van der Waals surface area contributed by atoms with Crippen LogP contribution in [0.3, 0.4) is 0 Å². The van der Waals surface area contributed by atoms with Gasteiger partial charge in [-0.25, -0.2) is 4.98 Å². The van der Waals surface area contributed by atoms with Crippen LogP contribution in [0.4, 0.5) is 13.2 Å². The number of thioether (sulfide) groups is 1. The Kier molecular flexibility index (Phi) is 6.09. The molecule has 3 rings (SSSR count). The van der Waals surface area contributed by atoms with Gasteiger partial charge in [-0.1, -0.05) is 42.1 Å². The van der Waals surface area contributed by atoms with Crippen molar-refractivity contribution in [2.24, 2.45) is 5.92 Å². The van der Waals surface area contributed by atoms with Gasteiger partial charge in [-0.15, -0.1) is 0 Å². The SMILES string of the molecule is CC(C1CC1)N(Cc1ccccc1)C(=O)CSc1ccc(C(F)(F)F)cn1. The molecule has 1 saturated carbocycles. The first-order valence-electron chi connectivity index (χ1n) is 8.84. The van der Waals surface area contributed by atoms with Gasteiger partial charge in [0, 0.05) is 18.8 Å². The molecule has 3 nitrogen and oxygen atoms in total. The van der Waals surface area contributed by atoms with Crippen LogP contribution in [0.15, 0.2) is 53.7 Å². The predicted molar refractivity (Wildman–Crippen MR) is 99.1 cm³/mol. The molecule has 0 spiro atoms. The zero-order valence-corrected chi connectivity index (χ0v) is 15.8. The number of hydrogen-bond acceptors (Lipinski definition) is 3. The van der Waals surface area contributed by atoms with Crippen LogP contribution < -0.4 is 0 Å². The monoisotopic (exact) mass is 394 g/mol. The van der Waals surface area contributed by atoms with Crippen molar-refractivity contribution in [2.45, 2.75) is 43.6 Å². The molecule has 1 aliphatic carbocycles. The standard InChI is InChI=1S/C20H21F3N2OS/c1-14(16-7-8-16)25(12-15-5-3-2-4-6-15)19(26)13-27-18-10-9-17(11-24-18)20(21,22)23/h2-6,9-11,14,16H,7-8,12-13H2,1H3. The number of carbonyl (C=O) groups excluding carboxylic acids is 1. The van der Waals surface area contributed by atoms with E-state index in [0.29, 0.717) is 17.5 Å². The van der Waals surface area contributed by atoms with Crippen LogP contribution in [0.5, 0.6) is 0 Å². The second-order valence-electron chi connectivity index (χ2n) is 6.76. The molecular formula is C20H21F3N2OS. The fourth-order valence-electron chi connectivity index (χ4n) is 2.92. The van der Waals surface area contributed by atoms with E-state index in [1.54, 1.807) is 0 Å². The van der Waals surface area contributed by atoms with Crippen LogP contribution >= 0.6 is 11.8 Å². The highest BCUT2D eigenvalue weighted by molar-refractivity contribution is 7.99. The fourth-order valence-corrected chi connectivity index (χ4v) is 3.65. The predicted octanol–water partition coefficient (Wildman–Crippen LogP) is 5.02. The number of amides is 1. The van der Waals surface area contributed by atoms with Crippen molar-refractivity contribution >= 4 is 17.7 Å². The van der Waals surface area contributed by atoms with E-state index >= 15 is 0 Å². The molecule has 2 aromatic rings. The van der Waals surface area contributed by atoms with Crippen molar-refractivity contribution in [1.82, 2.24) is 9.88 Å². The second-order valence-corrected chi connectivity index (χ2v) is 7.75.